The van der Waals surface area contributed by atoms with Crippen LogP contribution in [-0.4, -0.2) is 32.6 Å². The second-order valence-electron chi connectivity index (χ2n) is 6.26. The van der Waals surface area contributed by atoms with Gasteiger partial charge < -0.3 is 15.8 Å². The van der Waals surface area contributed by atoms with E-state index in [0.29, 0.717) is 23.1 Å². The van der Waals surface area contributed by atoms with Gasteiger partial charge in [0.15, 0.2) is 5.65 Å². The molecule has 0 aliphatic rings. The second-order valence-corrected chi connectivity index (χ2v) is 7.21. The lowest BCUT2D eigenvalue weighted by molar-refractivity contribution is 0.100. The van der Waals surface area contributed by atoms with E-state index < -0.39 is 5.91 Å². The monoisotopic (exact) mass is 330 g/mol. The number of aliphatic hydroxyl groups is 1. The number of carbonyl (C=O) groups excluding carboxylic acids is 1. The predicted molar refractivity (Wildman–Crippen MR) is 90.3 cm³/mol. The van der Waals surface area contributed by atoms with Crippen molar-refractivity contribution in [2.75, 3.05) is 6.61 Å². The van der Waals surface area contributed by atoms with Gasteiger partial charge in [-0.15, -0.1) is 11.3 Å². The lowest BCUT2D eigenvalue weighted by Gasteiger charge is -2.21. The summed E-state index contributed by atoms with van der Waals surface area (Å²) in [6, 6.07) is 3.91. The van der Waals surface area contributed by atoms with Crippen LogP contribution in [0.25, 0.3) is 21.7 Å². The van der Waals surface area contributed by atoms with E-state index in [2.05, 4.69) is 15.0 Å². The Morgan fingerprint density at radius 2 is 2.22 bits per heavy atom. The van der Waals surface area contributed by atoms with Crippen molar-refractivity contribution in [1.29, 1.82) is 0 Å². The highest BCUT2D eigenvalue weighted by molar-refractivity contribution is 7.13. The van der Waals surface area contributed by atoms with E-state index in [0.717, 1.165) is 16.3 Å². The molecule has 0 radical (unpaired) electrons. The van der Waals surface area contributed by atoms with Gasteiger partial charge >= 0.3 is 0 Å². The van der Waals surface area contributed by atoms with Gasteiger partial charge in [0, 0.05) is 12.8 Å². The van der Waals surface area contributed by atoms with Crippen LogP contribution in [0, 0.1) is 5.41 Å². The number of thiophene rings is 1. The average Bonchev–Trinajstić information content (AvgIpc) is 3.14. The number of nitrogens with two attached hydrogens (primary N) is 1. The molecule has 0 aromatic carbocycles. The molecule has 0 fully saturated rings. The summed E-state index contributed by atoms with van der Waals surface area (Å²) in [7, 11) is 0. The fraction of sp³-hybridized carbons (Fsp3) is 0.312. The zero-order valence-corrected chi connectivity index (χ0v) is 13.8. The van der Waals surface area contributed by atoms with Gasteiger partial charge in [0.2, 0.25) is 0 Å². The van der Waals surface area contributed by atoms with Gasteiger partial charge in [0.05, 0.1) is 16.1 Å². The number of fused-ring (bicyclic) bond motifs is 1. The molecule has 0 saturated carbocycles. The molecule has 23 heavy (non-hydrogen) atoms. The van der Waals surface area contributed by atoms with Gasteiger partial charge in [-0.1, -0.05) is 19.9 Å². The first-order chi connectivity index (χ1) is 10.9. The number of nitrogens with zero attached hydrogens (tertiary/aromatic N) is 2. The third-order valence-corrected chi connectivity index (χ3v) is 4.55. The summed E-state index contributed by atoms with van der Waals surface area (Å²) < 4.78 is 0. The van der Waals surface area contributed by atoms with Crippen molar-refractivity contribution in [1.82, 2.24) is 15.0 Å². The molecule has 0 spiro atoms. The SMILES string of the molecule is CC(C)(CO)Cc1nc2[nH]cc(C(N)=O)c2nc1-c1cccs1. The zero-order chi connectivity index (χ0) is 16.6. The smallest absolute Gasteiger partial charge is 0.252 e. The van der Waals surface area contributed by atoms with Crippen LogP contribution in [0.15, 0.2) is 23.7 Å². The molecule has 0 bridgehead atoms. The average molecular weight is 330 g/mol. The summed E-state index contributed by atoms with van der Waals surface area (Å²) in [5.41, 5.74) is 7.95. The highest BCUT2D eigenvalue weighted by Gasteiger charge is 2.23. The van der Waals surface area contributed by atoms with Gasteiger partial charge in [-0.05, 0) is 23.3 Å². The standard InChI is InChI=1S/C16H18N4O2S/c1-16(2,8-21)6-10-13(11-4-3-5-23-11)20-12-9(14(17)22)7-18-15(12)19-10/h3-5,7,21H,6,8H2,1-2H3,(H2,17,22)(H,18,19). The topological polar surface area (TPSA) is 105 Å². The van der Waals surface area contributed by atoms with Crippen LogP contribution in [0.5, 0.6) is 0 Å². The molecule has 4 N–H and O–H groups in total. The van der Waals surface area contributed by atoms with Crippen LogP contribution in [0.1, 0.15) is 29.9 Å². The van der Waals surface area contributed by atoms with Gasteiger partial charge in [0.25, 0.3) is 5.91 Å². The Balaban J connectivity index is 2.21. The Morgan fingerprint density at radius 1 is 1.43 bits per heavy atom. The first kappa shape index (κ1) is 15.6. The molecule has 6 nitrogen and oxygen atoms in total. The molecule has 3 aromatic heterocycles. The van der Waals surface area contributed by atoms with Crippen molar-refractivity contribution in [3.8, 4) is 10.6 Å². The molecule has 0 saturated heterocycles. The molecule has 0 aliphatic heterocycles. The Morgan fingerprint density at radius 3 is 2.83 bits per heavy atom. The number of primary amides is 1. The maximum atomic E-state index is 11.5. The van der Waals surface area contributed by atoms with Gasteiger partial charge in [-0.25, -0.2) is 9.97 Å². The van der Waals surface area contributed by atoms with Crippen LogP contribution in [0.3, 0.4) is 0 Å². The largest absolute Gasteiger partial charge is 0.396 e. The van der Waals surface area contributed by atoms with Crippen molar-refractivity contribution in [2.45, 2.75) is 20.3 Å². The summed E-state index contributed by atoms with van der Waals surface area (Å²) in [5.74, 6) is -0.536. The van der Waals surface area contributed by atoms with E-state index in [-0.39, 0.29) is 12.0 Å². The summed E-state index contributed by atoms with van der Waals surface area (Å²) in [6.45, 7) is 4.00. The number of rotatable bonds is 5. The molecular formula is C16H18N4O2S. The van der Waals surface area contributed by atoms with E-state index in [1.165, 1.54) is 6.20 Å². The molecule has 120 valence electrons. The third kappa shape index (κ3) is 2.97. The van der Waals surface area contributed by atoms with Crippen molar-refractivity contribution >= 4 is 28.4 Å². The number of hydrogen-bond donors (Lipinski definition) is 3. The predicted octanol–water partition coefficient (Wildman–Crippen LogP) is 2.35. The Kier molecular flexibility index (Phi) is 3.91. The number of aromatic nitrogens is 3. The van der Waals surface area contributed by atoms with E-state index in [1.54, 1.807) is 11.3 Å². The normalized spacial score (nSPS) is 12.0. The van der Waals surface area contributed by atoms with Crippen molar-refractivity contribution in [3.05, 3.63) is 35.0 Å². The van der Waals surface area contributed by atoms with Crippen molar-refractivity contribution in [3.63, 3.8) is 0 Å². The summed E-state index contributed by atoms with van der Waals surface area (Å²) in [6.07, 6.45) is 2.11. The first-order valence-electron chi connectivity index (χ1n) is 7.24. The van der Waals surface area contributed by atoms with E-state index in [4.69, 9.17) is 5.73 Å². The van der Waals surface area contributed by atoms with E-state index >= 15 is 0 Å². The highest BCUT2D eigenvalue weighted by atomic mass is 32.1. The lowest BCUT2D eigenvalue weighted by atomic mass is 9.88. The molecule has 7 heteroatoms. The first-order valence-corrected chi connectivity index (χ1v) is 8.12. The summed E-state index contributed by atoms with van der Waals surface area (Å²) in [4.78, 5) is 24.8. The Hall–Kier alpha value is -2.25. The fourth-order valence-electron chi connectivity index (χ4n) is 2.40. The Labute approximate surface area is 137 Å². The molecular weight excluding hydrogens is 312 g/mol. The number of hydrogen-bond acceptors (Lipinski definition) is 5. The molecule has 3 heterocycles. The highest BCUT2D eigenvalue weighted by Crippen LogP contribution is 2.31. The van der Waals surface area contributed by atoms with Crippen LogP contribution >= 0.6 is 11.3 Å². The Bertz CT molecular complexity index is 852. The zero-order valence-electron chi connectivity index (χ0n) is 13.0. The maximum Gasteiger partial charge on any atom is 0.252 e. The minimum atomic E-state index is -0.536. The van der Waals surface area contributed by atoms with Crippen molar-refractivity contribution in [2.24, 2.45) is 11.1 Å². The van der Waals surface area contributed by atoms with Crippen LogP contribution in [0.2, 0.25) is 0 Å². The third-order valence-electron chi connectivity index (χ3n) is 3.67. The van der Waals surface area contributed by atoms with Crippen molar-refractivity contribution < 1.29 is 9.90 Å². The molecule has 0 unspecified atom stereocenters. The van der Waals surface area contributed by atoms with Crippen LogP contribution in [-0.2, 0) is 6.42 Å². The minimum Gasteiger partial charge on any atom is -0.396 e. The number of carbonyl (C=O) groups is 1. The molecule has 0 atom stereocenters. The van der Waals surface area contributed by atoms with Gasteiger partial charge in [-0.2, -0.15) is 0 Å². The van der Waals surface area contributed by atoms with E-state index in [1.807, 2.05) is 31.4 Å². The van der Waals surface area contributed by atoms with Gasteiger partial charge in [-0.3, -0.25) is 4.79 Å². The summed E-state index contributed by atoms with van der Waals surface area (Å²) in [5, 5.41) is 11.5. The number of nitrogens with one attached hydrogen (secondary N) is 1. The maximum absolute atomic E-state index is 11.5. The number of amides is 1. The second kappa shape index (κ2) is 5.75. The fourth-order valence-corrected chi connectivity index (χ4v) is 3.13. The van der Waals surface area contributed by atoms with E-state index in [9.17, 15) is 9.90 Å². The lowest BCUT2D eigenvalue weighted by Crippen LogP contribution is -2.21. The van der Waals surface area contributed by atoms with Crippen LogP contribution < -0.4 is 5.73 Å². The molecule has 1 amide bonds. The van der Waals surface area contributed by atoms with Crippen LogP contribution in [0.4, 0.5) is 0 Å². The van der Waals surface area contributed by atoms with Gasteiger partial charge in [0.1, 0.15) is 11.2 Å². The summed E-state index contributed by atoms with van der Waals surface area (Å²) >= 11 is 1.56. The molecule has 3 rings (SSSR count). The number of aliphatic hydroxyl groups excluding tert-OH is 1. The minimum absolute atomic E-state index is 0.0495. The molecule has 0 aliphatic carbocycles. The number of H-pyrrole nitrogens is 1. The molecule has 3 aromatic rings. The quantitative estimate of drug-likeness (QED) is 0.667. The number of aromatic amines is 1.